The van der Waals surface area contributed by atoms with E-state index in [1.54, 1.807) is 0 Å². The molecule has 2 rings (SSSR count). The van der Waals surface area contributed by atoms with Crippen LogP contribution < -0.4 is 0 Å². The summed E-state index contributed by atoms with van der Waals surface area (Å²) in [7, 11) is 4.09. The number of carbonyl (C=O) groups is 1. The first-order valence-electron chi connectivity index (χ1n) is 7.68. The normalized spacial score (nSPS) is 30.3. The van der Waals surface area contributed by atoms with Crippen molar-refractivity contribution in [2.45, 2.75) is 57.1 Å². The van der Waals surface area contributed by atoms with Crippen LogP contribution in [-0.4, -0.2) is 60.1 Å². The molecule has 1 amide bonds. The van der Waals surface area contributed by atoms with Crippen LogP contribution in [0.2, 0.25) is 0 Å². The van der Waals surface area contributed by atoms with Gasteiger partial charge in [-0.1, -0.05) is 0 Å². The van der Waals surface area contributed by atoms with E-state index in [9.17, 15) is 9.90 Å². The highest BCUT2D eigenvalue weighted by atomic mass is 16.3. The molecule has 0 aromatic carbocycles. The first-order chi connectivity index (χ1) is 9.06. The molecule has 1 saturated heterocycles. The highest BCUT2D eigenvalue weighted by molar-refractivity contribution is 5.76. The zero-order chi connectivity index (χ0) is 13.8. The van der Waals surface area contributed by atoms with Crippen molar-refractivity contribution in [3.63, 3.8) is 0 Å². The number of nitrogens with zero attached hydrogens (tertiary/aromatic N) is 2. The number of hydrogen-bond acceptors (Lipinski definition) is 3. The summed E-state index contributed by atoms with van der Waals surface area (Å²) >= 11 is 0. The van der Waals surface area contributed by atoms with Crippen LogP contribution >= 0.6 is 0 Å². The number of hydrogen-bond donors (Lipinski definition) is 1. The molecule has 1 aliphatic carbocycles. The third kappa shape index (κ3) is 4.18. The molecule has 0 bridgehead atoms. The molecule has 0 atom stereocenters. The number of carbonyl (C=O) groups excluding carboxylic acids is 1. The molecule has 0 aromatic heterocycles. The Morgan fingerprint density at radius 3 is 2.32 bits per heavy atom. The zero-order valence-electron chi connectivity index (χ0n) is 12.3. The fourth-order valence-corrected chi connectivity index (χ4v) is 3.31. The van der Waals surface area contributed by atoms with Crippen LogP contribution in [0.4, 0.5) is 0 Å². The fraction of sp³-hybridized carbons (Fsp3) is 0.933. The van der Waals surface area contributed by atoms with Crippen LogP contribution in [0.1, 0.15) is 44.9 Å². The van der Waals surface area contributed by atoms with Crippen molar-refractivity contribution in [1.82, 2.24) is 9.80 Å². The van der Waals surface area contributed by atoms with Crippen molar-refractivity contribution in [3.8, 4) is 0 Å². The van der Waals surface area contributed by atoms with E-state index in [2.05, 4.69) is 11.9 Å². The van der Waals surface area contributed by atoms with E-state index < -0.39 is 0 Å². The molecular formula is C15H28N2O2. The maximum atomic E-state index is 12.3. The van der Waals surface area contributed by atoms with Crippen molar-refractivity contribution in [3.05, 3.63) is 0 Å². The second-order valence-corrected chi connectivity index (χ2v) is 6.42. The Hall–Kier alpha value is -0.610. The van der Waals surface area contributed by atoms with Crippen LogP contribution in [0.25, 0.3) is 0 Å². The zero-order valence-corrected chi connectivity index (χ0v) is 12.3. The van der Waals surface area contributed by atoms with Gasteiger partial charge in [0.1, 0.15) is 0 Å². The quantitative estimate of drug-likeness (QED) is 0.843. The van der Waals surface area contributed by atoms with Gasteiger partial charge in [-0.2, -0.15) is 0 Å². The highest BCUT2D eigenvalue weighted by Gasteiger charge is 2.27. The molecule has 2 aliphatic rings. The third-order valence-corrected chi connectivity index (χ3v) is 4.91. The molecule has 1 N–H and O–H groups in total. The molecule has 4 heteroatoms. The van der Waals surface area contributed by atoms with Crippen LogP contribution in [0, 0.1) is 5.92 Å². The Bertz CT molecular complexity index is 293. The number of rotatable bonds is 3. The predicted octanol–water partition coefficient (Wildman–Crippen LogP) is 1.48. The molecule has 2 fully saturated rings. The van der Waals surface area contributed by atoms with Gasteiger partial charge in [0.05, 0.1) is 6.10 Å². The van der Waals surface area contributed by atoms with Gasteiger partial charge >= 0.3 is 0 Å². The van der Waals surface area contributed by atoms with Gasteiger partial charge in [0.25, 0.3) is 0 Å². The second kappa shape index (κ2) is 6.71. The summed E-state index contributed by atoms with van der Waals surface area (Å²) in [6.07, 6.45) is 6.47. The third-order valence-electron chi connectivity index (χ3n) is 4.91. The molecular weight excluding hydrogens is 240 g/mol. The first-order valence-corrected chi connectivity index (χ1v) is 7.68. The van der Waals surface area contributed by atoms with E-state index in [0.29, 0.717) is 24.3 Å². The van der Waals surface area contributed by atoms with E-state index in [-0.39, 0.29) is 6.10 Å². The number of aliphatic hydroxyl groups is 1. The molecule has 110 valence electrons. The van der Waals surface area contributed by atoms with Gasteiger partial charge in [-0.05, 0) is 64.6 Å². The second-order valence-electron chi connectivity index (χ2n) is 6.42. The maximum absolute atomic E-state index is 12.3. The van der Waals surface area contributed by atoms with Gasteiger partial charge in [-0.15, -0.1) is 0 Å². The number of likely N-dealkylation sites (tertiary alicyclic amines) is 1. The van der Waals surface area contributed by atoms with Gasteiger partial charge in [0, 0.05) is 19.5 Å². The molecule has 19 heavy (non-hydrogen) atoms. The molecule has 0 spiro atoms. The maximum Gasteiger partial charge on any atom is 0.222 e. The summed E-state index contributed by atoms with van der Waals surface area (Å²) in [6.45, 7) is 2.24. The Kier molecular flexibility index (Phi) is 5.22. The molecule has 4 nitrogen and oxygen atoms in total. The first kappa shape index (κ1) is 14.8. The van der Waals surface area contributed by atoms with Crippen molar-refractivity contribution in [2.24, 2.45) is 5.92 Å². The smallest absolute Gasteiger partial charge is 0.222 e. The summed E-state index contributed by atoms with van der Waals surface area (Å²) in [4.78, 5) is 16.6. The molecule has 1 heterocycles. The lowest BCUT2D eigenvalue weighted by Crippen LogP contribution is -2.41. The average Bonchev–Trinajstić information content (AvgIpc) is 2.41. The highest BCUT2D eigenvalue weighted by Crippen LogP contribution is 2.25. The van der Waals surface area contributed by atoms with E-state index in [1.165, 1.54) is 0 Å². The standard InChI is InChI=1S/C15H28N2O2/c1-16-9-7-12(8-10-16)11-15(19)17(2)13-3-5-14(18)6-4-13/h12-14,18H,3-11H2,1-2H3. The van der Waals surface area contributed by atoms with Crippen LogP contribution in [0.15, 0.2) is 0 Å². The van der Waals surface area contributed by atoms with Crippen molar-refractivity contribution < 1.29 is 9.90 Å². The summed E-state index contributed by atoms with van der Waals surface area (Å²) in [6, 6.07) is 0.349. The lowest BCUT2D eigenvalue weighted by Gasteiger charge is -2.35. The van der Waals surface area contributed by atoms with Gasteiger partial charge in [-0.3, -0.25) is 4.79 Å². The topological polar surface area (TPSA) is 43.8 Å². The van der Waals surface area contributed by atoms with Crippen LogP contribution in [-0.2, 0) is 4.79 Å². The SMILES string of the molecule is CN1CCC(CC(=O)N(C)C2CCC(O)CC2)CC1. The van der Waals surface area contributed by atoms with E-state index in [0.717, 1.165) is 51.6 Å². The van der Waals surface area contributed by atoms with Gasteiger partial charge in [-0.25, -0.2) is 0 Å². The van der Waals surface area contributed by atoms with Crippen molar-refractivity contribution in [1.29, 1.82) is 0 Å². The van der Waals surface area contributed by atoms with Crippen molar-refractivity contribution >= 4 is 5.91 Å². The minimum absolute atomic E-state index is 0.145. The number of aliphatic hydroxyl groups excluding tert-OH is 1. The summed E-state index contributed by atoms with van der Waals surface area (Å²) in [5.41, 5.74) is 0. The summed E-state index contributed by atoms with van der Waals surface area (Å²) < 4.78 is 0. The van der Waals surface area contributed by atoms with Gasteiger partial charge in [0.15, 0.2) is 0 Å². The predicted molar refractivity (Wildman–Crippen MR) is 75.9 cm³/mol. The van der Waals surface area contributed by atoms with E-state index in [4.69, 9.17) is 0 Å². The van der Waals surface area contributed by atoms with Crippen LogP contribution in [0.3, 0.4) is 0 Å². The Morgan fingerprint density at radius 2 is 1.74 bits per heavy atom. The van der Waals surface area contributed by atoms with Gasteiger partial charge < -0.3 is 14.9 Å². The monoisotopic (exact) mass is 268 g/mol. The molecule has 0 aromatic rings. The molecule has 0 unspecified atom stereocenters. The molecule has 1 saturated carbocycles. The minimum atomic E-state index is -0.145. The Labute approximate surface area is 116 Å². The molecule has 1 aliphatic heterocycles. The van der Waals surface area contributed by atoms with E-state index in [1.807, 2.05) is 11.9 Å². The molecule has 0 radical (unpaired) electrons. The largest absolute Gasteiger partial charge is 0.393 e. The Balaban J connectivity index is 1.76. The lowest BCUT2D eigenvalue weighted by molar-refractivity contribution is -0.134. The van der Waals surface area contributed by atoms with Crippen LogP contribution in [0.5, 0.6) is 0 Å². The number of amides is 1. The lowest BCUT2D eigenvalue weighted by atomic mass is 9.90. The summed E-state index contributed by atoms with van der Waals surface area (Å²) in [5.74, 6) is 0.872. The van der Waals surface area contributed by atoms with Crippen molar-refractivity contribution in [2.75, 3.05) is 27.2 Å². The number of piperidine rings is 1. The minimum Gasteiger partial charge on any atom is -0.393 e. The van der Waals surface area contributed by atoms with Gasteiger partial charge in [0.2, 0.25) is 5.91 Å². The Morgan fingerprint density at radius 1 is 1.16 bits per heavy atom. The summed E-state index contributed by atoms with van der Waals surface area (Å²) in [5, 5.41) is 9.53. The van der Waals surface area contributed by atoms with E-state index >= 15 is 0 Å². The fourth-order valence-electron chi connectivity index (χ4n) is 3.31. The average molecular weight is 268 g/mol.